The summed E-state index contributed by atoms with van der Waals surface area (Å²) in [7, 11) is -3.43. The van der Waals surface area contributed by atoms with Crippen LogP contribution in [0.25, 0.3) is 6.08 Å². The zero-order valence-corrected chi connectivity index (χ0v) is 16.6. The van der Waals surface area contributed by atoms with E-state index in [-0.39, 0.29) is 11.9 Å². The highest BCUT2D eigenvalue weighted by atomic mass is 32.2. The second kappa shape index (κ2) is 9.88. The number of amides is 1. The third kappa shape index (κ3) is 5.95. The minimum atomic E-state index is -3.43. The fourth-order valence-electron chi connectivity index (χ4n) is 3.15. The molecule has 0 radical (unpaired) electrons. The van der Waals surface area contributed by atoms with E-state index in [1.54, 1.807) is 34.6 Å². The van der Waals surface area contributed by atoms with Crippen molar-refractivity contribution in [2.75, 3.05) is 13.1 Å². The molecule has 2 rings (SSSR count). The molecule has 5 nitrogen and oxygen atoms in total. The van der Waals surface area contributed by atoms with Crippen molar-refractivity contribution in [3.63, 3.8) is 0 Å². The SMILES string of the molecule is CCCC(C)NC(=O)/C=C/c1ccc(S(=O)(=O)N2CCCCCC2)cc1. The van der Waals surface area contributed by atoms with Crippen molar-refractivity contribution in [1.29, 1.82) is 0 Å². The van der Waals surface area contributed by atoms with E-state index in [9.17, 15) is 13.2 Å². The molecule has 6 heteroatoms. The summed E-state index contributed by atoms with van der Waals surface area (Å²) in [5, 5.41) is 2.91. The first kappa shape index (κ1) is 20.6. The van der Waals surface area contributed by atoms with Gasteiger partial charge in [-0.1, -0.05) is 38.3 Å². The van der Waals surface area contributed by atoms with Crippen molar-refractivity contribution in [3.05, 3.63) is 35.9 Å². The monoisotopic (exact) mass is 378 g/mol. The largest absolute Gasteiger partial charge is 0.350 e. The topological polar surface area (TPSA) is 66.5 Å². The van der Waals surface area contributed by atoms with Gasteiger partial charge in [0.2, 0.25) is 15.9 Å². The van der Waals surface area contributed by atoms with Gasteiger partial charge in [-0.15, -0.1) is 0 Å². The molecule has 26 heavy (non-hydrogen) atoms. The molecule has 1 N–H and O–H groups in total. The highest BCUT2D eigenvalue weighted by Crippen LogP contribution is 2.20. The Labute approximate surface area is 157 Å². The van der Waals surface area contributed by atoms with Crippen molar-refractivity contribution in [3.8, 4) is 0 Å². The average molecular weight is 379 g/mol. The van der Waals surface area contributed by atoms with Crippen LogP contribution in [-0.2, 0) is 14.8 Å². The molecule has 1 amide bonds. The van der Waals surface area contributed by atoms with Crippen LogP contribution in [0.3, 0.4) is 0 Å². The summed E-state index contributed by atoms with van der Waals surface area (Å²) < 4.78 is 27.1. The van der Waals surface area contributed by atoms with Gasteiger partial charge in [0.15, 0.2) is 0 Å². The second-order valence-corrected chi connectivity index (χ2v) is 8.86. The Bertz CT molecular complexity index is 703. The van der Waals surface area contributed by atoms with Gasteiger partial charge in [0.25, 0.3) is 0 Å². The van der Waals surface area contributed by atoms with Gasteiger partial charge < -0.3 is 5.32 Å². The third-order valence-corrected chi connectivity index (χ3v) is 6.53. The van der Waals surface area contributed by atoms with Crippen LogP contribution in [0.15, 0.2) is 35.2 Å². The number of sulfonamides is 1. The van der Waals surface area contributed by atoms with Gasteiger partial charge in [0.1, 0.15) is 0 Å². The molecule has 1 atom stereocenters. The molecule has 0 bridgehead atoms. The van der Waals surface area contributed by atoms with Crippen LogP contribution in [0.1, 0.15) is 57.9 Å². The number of rotatable bonds is 7. The molecular formula is C20H30N2O3S. The first-order valence-electron chi connectivity index (χ1n) is 9.52. The molecule has 1 heterocycles. The maximum absolute atomic E-state index is 12.7. The quantitative estimate of drug-likeness (QED) is 0.738. The van der Waals surface area contributed by atoms with Crippen LogP contribution < -0.4 is 5.32 Å². The van der Waals surface area contributed by atoms with Crippen LogP contribution in [0, 0.1) is 0 Å². The van der Waals surface area contributed by atoms with E-state index in [0.29, 0.717) is 18.0 Å². The van der Waals surface area contributed by atoms with E-state index >= 15 is 0 Å². The lowest BCUT2D eigenvalue weighted by Gasteiger charge is -2.19. The van der Waals surface area contributed by atoms with Crippen LogP contribution >= 0.6 is 0 Å². The van der Waals surface area contributed by atoms with Gasteiger partial charge in [-0.3, -0.25) is 4.79 Å². The van der Waals surface area contributed by atoms with E-state index in [1.165, 1.54) is 6.08 Å². The zero-order valence-electron chi connectivity index (χ0n) is 15.8. The minimum absolute atomic E-state index is 0.132. The second-order valence-electron chi connectivity index (χ2n) is 6.92. The van der Waals surface area contributed by atoms with Crippen molar-refractivity contribution in [1.82, 2.24) is 9.62 Å². The van der Waals surface area contributed by atoms with E-state index < -0.39 is 10.0 Å². The summed E-state index contributed by atoms with van der Waals surface area (Å²) in [6.07, 6.45) is 9.20. The molecule has 1 aliphatic heterocycles. The normalized spacial score (nSPS) is 17.8. The van der Waals surface area contributed by atoms with E-state index in [4.69, 9.17) is 0 Å². The zero-order chi connectivity index (χ0) is 19.0. The van der Waals surface area contributed by atoms with Crippen LogP contribution in [0.2, 0.25) is 0 Å². The van der Waals surface area contributed by atoms with Crippen LogP contribution in [0.4, 0.5) is 0 Å². The van der Waals surface area contributed by atoms with Crippen molar-refractivity contribution in [2.24, 2.45) is 0 Å². The van der Waals surface area contributed by atoms with Crippen molar-refractivity contribution >= 4 is 22.0 Å². The van der Waals surface area contributed by atoms with E-state index in [2.05, 4.69) is 12.2 Å². The van der Waals surface area contributed by atoms with Crippen LogP contribution in [0.5, 0.6) is 0 Å². The number of carbonyl (C=O) groups is 1. The van der Waals surface area contributed by atoms with Gasteiger partial charge in [0, 0.05) is 25.2 Å². The lowest BCUT2D eigenvalue weighted by atomic mass is 10.2. The summed E-state index contributed by atoms with van der Waals surface area (Å²) in [5.74, 6) is -0.132. The molecular weight excluding hydrogens is 348 g/mol. The highest BCUT2D eigenvalue weighted by Gasteiger charge is 2.24. The maximum atomic E-state index is 12.7. The maximum Gasteiger partial charge on any atom is 0.244 e. The lowest BCUT2D eigenvalue weighted by Crippen LogP contribution is -2.31. The first-order chi connectivity index (χ1) is 12.4. The van der Waals surface area contributed by atoms with Gasteiger partial charge in [-0.05, 0) is 50.0 Å². The fourth-order valence-corrected chi connectivity index (χ4v) is 4.67. The smallest absolute Gasteiger partial charge is 0.244 e. The molecule has 0 aliphatic carbocycles. The Hall–Kier alpha value is -1.66. The number of nitrogens with zero attached hydrogens (tertiary/aromatic N) is 1. The van der Waals surface area contributed by atoms with Gasteiger partial charge >= 0.3 is 0 Å². The number of hydrogen-bond donors (Lipinski definition) is 1. The summed E-state index contributed by atoms with van der Waals surface area (Å²) >= 11 is 0. The Kier molecular flexibility index (Phi) is 7.85. The van der Waals surface area contributed by atoms with Gasteiger partial charge in [-0.2, -0.15) is 4.31 Å². The van der Waals surface area contributed by atoms with Crippen molar-refractivity contribution < 1.29 is 13.2 Å². The third-order valence-electron chi connectivity index (χ3n) is 4.62. The number of carbonyl (C=O) groups excluding carboxylic acids is 1. The number of benzene rings is 1. The molecule has 1 aromatic carbocycles. The Morgan fingerprint density at radius 1 is 1.15 bits per heavy atom. The Balaban J connectivity index is 2.01. The molecule has 1 saturated heterocycles. The summed E-state index contributed by atoms with van der Waals surface area (Å²) in [4.78, 5) is 12.2. The molecule has 1 fully saturated rings. The molecule has 144 valence electrons. The Morgan fingerprint density at radius 2 is 1.77 bits per heavy atom. The highest BCUT2D eigenvalue weighted by molar-refractivity contribution is 7.89. The lowest BCUT2D eigenvalue weighted by molar-refractivity contribution is -0.117. The summed E-state index contributed by atoms with van der Waals surface area (Å²) in [6, 6.07) is 6.88. The van der Waals surface area contributed by atoms with E-state index in [0.717, 1.165) is 44.1 Å². The van der Waals surface area contributed by atoms with Gasteiger partial charge in [0.05, 0.1) is 4.90 Å². The molecule has 1 unspecified atom stereocenters. The number of nitrogens with one attached hydrogen (secondary N) is 1. The molecule has 1 aliphatic rings. The summed E-state index contributed by atoms with van der Waals surface area (Å²) in [6.45, 7) is 5.26. The molecule has 0 spiro atoms. The van der Waals surface area contributed by atoms with Crippen molar-refractivity contribution in [2.45, 2.75) is 63.3 Å². The molecule has 0 aromatic heterocycles. The first-order valence-corrected chi connectivity index (χ1v) is 11.0. The fraction of sp³-hybridized carbons (Fsp3) is 0.550. The van der Waals surface area contributed by atoms with Gasteiger partial charge in [-0.25, -0.2) is 8.42 Å². The van der Waals surface area contributed by atoms with E-state index in [1.807, 2.05) is 6.92 Å². The van der Waals surface area contributed by atoms with Crippen LogP contribution in [-0.4, -0.2) is 37.8 Å². The number of hydrogen-bond acceptors (Lipinski definition) is 3. The average Bonchev–Trinajstić information content (AvgIpc) is 2.90. The Morgan fingerprint density at radius 3 is 2.35 bits per heavy atom. The predicted octanol–water partition coefficient (Wildman–Crippen LogP) is 3.57. The minimum Gasteiger partial charge on any atom is -0.350 e. The standard InChI is InChI=1S/C20H30N2O3S/c1-3-8-17(2)21-20(23)14-11-18-9-12-19(13-10-18)26(24,25)22-15-6-4-5-7-16-22/h9-14,17H,3-8,15-16H2,1-2H3,(H,21,23)/b14-11+. The molecule has 1 aromatic rings. The summed E-state index contributed by atoms with van der Waals surface area (Å²) in [5.41, 5.74) is 0.804. The predicted molar refractivity (Wildman–Crippen MR) is 105 cm³/mol. The molecule has 0 saturated carbocycles.